The maximum Gasteiger partial charge on any atom is 0.196 e. The van der Waals surface area contributed by atoms with Crippen LogP contribution in [-0.4, -0.2) is 18.7 Å². The van der Waals surface area contributed by atoms with Crippen molar-refractivity contribution in [3.8, 4) is 6.07 Å². The number of benzene rings is 1. The molecule has 0 aliphatic rings. The van der Waals surface area contributed by atoms with Crippen LogP contribution in [0.4, 0.5) is 10.1 Å². The highest BCUT2D eigenvalue weighted by Crippen LogP contribution is 2.31. The third-order valence-corrected chi connectivity index (χ3v) is 4.03. The lowest BCUT2D eigenvalue weighted by molar-refractivity contribution is 0.382. The summed E-state index contributed by atoms with van der Waals surface area (Å²) in [5, 5.41) is 8.98. The predicted octanol–water partition coefficient (Wildman–Crippen LogP) is 5.29. The minimum absolute atomic E-state index is 0.0203. The summed E-state index contributed by atoms with van der Waals surface area (Å²) in [5.74, 6) is -0.397. The molecule has 1 aromatic carbocycles. The highest BCUT2D eigenvalue weighted by molar-refractivity contribution is 6.33. The second kappa shape index (κ2) is 9.19. The maximum absolute atomic E-state index is 14.3. The van der Waals surface area contributed by atoms with Gasteiger partial charge in [0.15, 0.2) is 11.7 Å². The van der Waals surface area contributed by atoms with Crippen molar-refractivity contribution in [3.05, 3.63) is 41.3 Å². The molecule has 0 aliphatic heterocycles. The fraction of sp³-hybridized carbons (Fsp3) is 0.389. The van der Waals surface area contributed by atoms with Gasteiger partial charge in [-0.05, 0) is 31.4 Å². The molecular formula is C18H21ClFN3O. The van der Waals surface area contributed by atoms with Crippen LogP contribution in [0.15, 0.2) is 34.9 Å². The van der Waals surface area contributed by atoms with Gasteiger partial charge < -0.3 is 4.74 Å². The molecule has 2 atom stereocenters. The third-order valence-electron chi connectivity index (χ3n) is 3.75. The quantitative estimate of drug-likeness (QED) is 0.517. The van der Waals surface area contributed by atoms with Crippen LogP contribution < -0.4 is 0 Å². The van der Waals surface area contributed by atoms with Crippen LogP contribution in [0.5, 0.6) is 0 Å². The van der Waals surface area contributed by atoms with E-state index in [-0.39, 0.29) is 28.1 Å². The van der Waals surface area contributed by atoms with Gasteiger partial charge in [-0.25, -0.2) is 9.38 Å². The van der Waals surface area contributed by atoms with Gasteiger partial charge in [0.05, 0.1) is 29.7 Å². The van der Waals surface area contributed by atoms with E-state index in [9.17, 15) is 4.39 Å². The molecule has 0 heterocycles. The molecule has 0 radical (unpaired) electrons. The fourth-order valence-corrected chi connectivity index (χ4v) is 2.52. The van der Waals surface area contributed by atoms with Crippen molar-refractivity contribution in [3.63, 3.8) is 0 Å². The molecule has 24 heavy (non-hydrogen) atoms. The van der Waals surface area contributed by atoms with Crippen molar-refractivity contribution in [1.82, 2.24) is 0 Å². The van der Waals surface area contributed by atoms with Crippen molar-refractivity contribution in [1.29, 1.82) is 5.26 Å². The van der Waals surface area contributed by atoms with E-state index in [0.717, 1.165) is 12.5 Å². The number of nitriles is 1. The normalized spacial score (nSPS) is 14.7. The van der Waals surface area contributed by atoms with Crippen LogP contribution in [0.25, 0.3) is 0 Å². The van der Waals surface area contributed by atoms with Gasteiger partial charge in [-0.1, -0.05) is 32.0 Å². The van der Waals surface area contributed by atoms with E-state index in [1.807, 2.05) is 26.8 Å². The number of methoxy groups -OCH3 is 1. The Morgan fingerprint density at radius 1 is 1.50 bits per heavy atom. The Labute approximate surface area is 147 Å². The highest BCUT2D eigenvalue weighted by Gasteiger charge is 2.23. The zero-order valence-electron chi connectivity index (χ0n) is 14.3. The molecule has 2 unspecified atom stereocenters. The first-order valence-corrected chi connectivity index (χ1v) is 7.97. The molecular weight excluding hydrogens is 329 g/mol. The zero-order valence-corrected chi connectivity index (χ0v) is 15.1. The summed E-state index contributed by atoms with van der Waals surface area (Å²) in [4.78, 5) is 8.56. The van der Waals surface area contributed by atoms with E-state index >= 15 is 0 Å². The van der Waals surface area contributed by atoms with Gasteiger partial charge in [0.1, 0.15) is 5.69 Å². The Morgan fingerprint density at radius 2 is 2.17 bits per heavy atom. The van der Waals surface area contributed by atoms with E-state index in [4.69, 9.17) is 21.6 Å². The Bertz CT molecular complexity index is 684. The molecule has 1 rings (SSSR count). The molecule has 0 aliphatic carbocycles. The van der Waals surface area contributed by atoms with Gasteiger partial charge in [0.2, 0.25) is 0 Å². The van der Waals surface area contributed by atoms with Gasteiger partial charge in [-0.3, -0.25) is 4.99 Å². The maximum atomic E-state index is 14.3. The number of halogens is 2. The first-order valence-electron chi connectivity index (χ1n) is 7.59. The molecule has 0 saturated heterocycles. The Morgan fingerprint density at radius 3 is 2.62 bits per heavy atom. The molecule has 0 saturated carbocycles. The van der Waals surface area contributed by atoms with Crippen molar-refractivity contribution in [2.75, 3.05) is 7.11 Å². The van der Waals surface area contributed by atoms with Gasteiger partial charge in [-0.15, -0.1) is 0 Å². The first-order chi connectivity index (χ1) is 11.4. The lowest BCUT2D eigenvalue weighted by atomic mass is 9.92. The predicted molar refractivity (Wildman–Crippen MR) is 96.5 cm³/mol. The Kier molecular flexibility index (Phi) is 7.60. The minimum atomic E-state index is -0.633. The lowest BCUT2D eigenvalue weighted by Crippen LogP contribution is -2.27. The zero-order chi connectivity index (χ0) is 18.3. The van der Waals surface area contributed by atoms with Crippen molar-refractivity contribution >= 4 is 28.9 Å². The Balaban J connectivity index is 3.47. The van der Waals surface area contributed by atoms with E-state index in [1.165, 1.54) is 19.4 Å². The third kappa shape index (κ3) is 4.65. The number of hydrogen-bond donors (Lipinski definition) is 0. The van der Waals surface area contributed by atoms with Gasteiger partial charge in [0.25, 0.3) is 0 Å². The molecule has 0 N–H and O–H groups in total. The van der Waals surface area contributed by atoms with Gasteiger partial charge >= 0.3 is 0 Å². The van der Waals surface area contributed by atoms with Crippen LogP contribution in [0.3, 0.4) is 0 Å². The molecule has 128 valence electrons. The standard InChI is InChI=1S/C18H21ClFN3O/c1-6-11(3)16(12(4)18(24-5)22-7-2)23-17-14(19)8-13(10-21)9-15(17)20/h7-9,11-12H,2,6H2,1,3-5H3. The topological polar surface area (TPSA) is 57.7 Å². The van der Waals surface area contributed by atoms with Gasteiger partial charge in [0, 0.05) is 11.9 Å². The van der Waals surface area contributed by atoms with Crippen LogP contribution >= 0.6 is 11.6 Å². The number of aliphatic imine (C=N–C) groups is 2. The number of nitrogens with zero attached hydrogens (tertiary/aromatic N) is 3. The van der Waals surface area contributed by atoms with Crippen LogP contribution in [0, 0.1) is 29.0 Å². The molecule has 0 fully saturated rings. The minimum Gasteiger partial charge on any atom is -0.484 e. The van der Waals surface area contributed by atoms with Crippen LogP contribution in [-0.2, 0) is 4.74 Å². The van der Waals surface area contributed by atoms with E-state index in [1.54, 1.807) is 0 Å². The van der Waals surface area contributed by atoms with E-state index in [0.29, 0.717) is 11.6 Å². The molecule has 0 aromatic heterocycles. The van der Waals surface area contributed by atoms with Crippen LogP contribution in [0.1, 0.15) is 32.8 Å². The SMILES string of the molecule is C=CN=C(OC)C(C)C(=Nc1c(F)cc(C#N)cc1Cl)C(C)CC. The molecule has 0 bridgehead atoms. The average molecular weight is 350 g/mol. The van der Waals surface area contributed by atoms with Gasteiger partial charge in [-0.2, -0.15) is 5.26 Å². The largest absolute Gasteiger partial charge is 0.484 e. The van der Waals surface area contributed by atoms with Crippen LogP contribution in [0.2, 0.25) is 5.02 Å². The van der Waals surface area contributed by atoms with E-state index < -0.39 is 5.82 Å². The molecule has 6 heteroatoms. The monoisotopic (exact) mass is 349 g/mol. The van der Waals surface area contributed by atoms with Crippen molar-refractivity contribution in [2.24, 2.45) is 21.8 Å². The van der Waals surface area contributed by atoms with Crippen molar-refractivity contribution in [2.45, 2.75) is 27.2 Å². The molecule has 0 amide bonds. The second-order valence-corrected chi connectivity index (χ2v) is 5.73. The van der Waals surface area contributed by atoms with E-state index in [2.05, 4.69) is 16.6 Å². The number of rotatable bonds is 6. The first kappa shape index (κ1) is 19.9. The number of ether oxygens (including phenoxy) is 1. The summed E-state index contributed by atoms with van der Waals surface area (Å²) < 4.78 is 19.6. The molecule has 0 spiro atoms. The number of hydrogen-bond acceptors (Lipinski definition) is 4. The molecule has 1 aromatic rings. The van der Waals surface area contributed by atoms with Crippen molar-refractivity contribution < 1.29 is 9.13 Å². The summed E-state index contributed by atoms with van der Waals surface area (Å²) in [6.45, 7) is 9.46. The molecule has 4 nitrogen and oxygen atoms in total. The highest BCUT2D eigenvalue weighted by atomic mass is 35.5. The summed E-state index contributed by atoms with van der Waals surface area (Å²) in [7, 11) is 1.52. The Hall–Kier alpha value is -2.19. The lowest BCUT2D eigenvalue weighted by Gasteiger charge is -2.21. The smallest absolute Gasteiger partial charge is 0.196 e. The summed E-state index contributed by atoms with van der Waals surface area (Å²) in [5.41, 5.74) is 0.873. The average Bonchev–Trinajstić information content (AvgIpc) is 2.57. The second-order valence-electron chi connectivity index (χ2n) is 5.32. The summed E-state index contributed by atoms with van der Waals surface area (Å²) >= 11 is 6.11. The fourth-order valence-electron chi connectivity index (χ4n) is 2.27. The summed E-state index contributed by atoms with van der Waals surface area (Å²) in [6, 6.07) is 4.39. The summed E-state index contributed by atoms with van der Waals surface area (Å²) in [6.07, 6.45) is 2.20.